The van der Waals surface area contributed by atoms with Gasteiger partial charge in [-0.3, -0.25) is 29.2 Å². The summed E-state index contributed by atoms with van der Waals surface area (Å²) in [5.41, 5.74) is -1.82. The zero-order valence-electron chi connectivity index (χ0n) is 29.0. The molecule has 21 heteroatoms. The normalized spacial score (nSPS) is 24.9. The lowest BCUT2D eigenvalue weighted by Crippen LogP contribution is -2.46. The number of rotatable bonds is 6. The number of ether oxygens (including phenoxy) is 1. The largest absolute Gasteiger partial charge is 0.503 e. The van der Waals surface area contributed by atoms with Gasteiger partial charge in [-0.1, -0.05) is 34.9 Å². The van der Waals surface area contributed by atoms with Crippen LogP contribution in [0.25, 0.3) is 0 Å². The van der Waals surface area contributed by atoms with Gasteiger partial charge in [0.1, 0.15) is 11.4 Å². The predicted octanol–water partition coefficient (Wildman–Crippen LogP) is 7.04. The van der Waals surface area contributed by atoms with Gasteiger partial charge >= 0.3 is 12.4 Å². The fourth-order valence-electron chi connectivity index (χ4n) is 8.27. The van der Waals surface area contributed by atoms with Crippen molar-refractivity contribution in [2.75, 3.05) is 31.2 Å². The van der Waals surface area contributed by atoms with Crippen LogP contribution < -0.4 is 14.8 Å². The van der Waals surface area contributed by atoms with Crippen molar-refractivity contribution in [2.24, 2.45) is 29.6 Å². The van der Waals surface area contributed by atoms with Crippen molar-refractivity contribution >= 4 is 74.4 Å². The standard InChI is InChI=1S/C35H27BrCl2F6N6O6/c1-47(28-19(37)6-8-22(45-28)34(39,40)41)49-30(52)15-5-4-14-16(25(15)32(49)54)12-17-26(24(14)13-10-18(36)27(51)21(11-13)56-3)33(55)50(31(17)53)48(2)29-20(38)7-9-23(46-29)35(42,43)44/h4,6-11,15-17,24-26,51H,5,12H2,1-3H3/t15-,16+,17+,24-,25-,26+/m0/s1. The number of hydrazine groups is 2. The molecule has 2 aliphatic carbocycles. The first-order valence-corrected chi connectivity index (χ1v) is 18.2. The molecule has 3 aromatic rings. The molecule has 0 bridgehead atoms. The Morgan fingerprint density at radius 3 is 1.79 bits per heavy atom. The number of methoxy groups -OCH3 is 1. The van der Waals surface area contributed by atoms with E-state index in [4.69, 9.17) is 27.9 Å². The predicted molar refractivity (Wildman–Crippen MR) is 189 cm³/mol. The number of benzene rings is 1. The van der Waals surface area contributed by atoms with Gasteiger partial charge in [-0.2, -0.15) is 36.4 Å². The van der Waals surface area contributed by atoms with E-state index in [9.17, 15) is 50.6 Å². The zero-order valence-corrected chi connectivity index (χ0v) is 32.1. The van der Waals surface area contributed by atoms with Crippen LogP contribution in [0.1, 0.15) is 35.7 Å². The second-order valence-corrected chi connectivity index (χ2v) is 15.3. The van der Waals surface area contributed by atoms with E-state index in [1.165, 1.54) is 19.2 Å². The fraction of sp³-hybridized carbons (Fsp3) is 0.371. The minimum Gasteiger partial charge on any atom is -0.503 e. The van der Waals surface area contributed by atoms with Crippen LogP contribution in [0.5, 0.6) is 11.5 Å². The summed E-state index contributed by atoms with van der Waals surface area (Å²) in [6.07, 6.45) is -8.31. The van der Waals surface area contributed by atoms with Gasteiger partial charge in [0.15, 0.2) is 23.1 Å². The Hall–Kier alpha value is -4.62. The molecule has 2 saturated heterocycles. The van der Waals surface area contributed by atoms with Gasteiger partial charge in [0, 0.05) is 20.0 Å². The minimum atomic E-state index is -4.89. The summed E-state index contributed by atoms with van der Waals surface area (Å²) in [5.74, 6) is -11.2. The van der Waals surface area contributed by atoms with Crippen molar-refractivity contribution in [1.29, 1.82) is 0 Å². The lowest BCUT2D eigenvalue weighted by atomic mass is 9.57. The molecule has 0 radical (unpaired) electrons. The molecule has 4 amide bonds. The maximum Gasteiger partial charge on any atom is 0.433 e. The third-order valence-electron chi connectivity index (χ3n) is 10.7. The molecule has 4 heterocycles. The first-order chi connectivity index (χ1) is 26.2. The van der Waals surface area contributed by atoms with Crippen LogP contribution >= 0.6 is 39.1 Å². The highest BCUT2D eigenvalue weighted by molar-refractivity contribution is 9.10. The van der Waals surface area contributed by atoms with Crippen LogP contribution in [0.3, 0.4) is 0 Å². The van der Waals surface area contributed by atoms with Crippen LogP contribution in [0.15, 0.2) is 52.5 Å². The third-order valence-corrected chi connectivity index (χ3v) is 11.9. The van der Waals surface area contributed by atoms with Crippen LogP contribution in [0.4, 0.5) is 38.0 Å². The van der Waals surface area contributed by atoms with E-state index in [0.29, 0.717) is 33.3 Å². The Kier molecular flexibility index (Phi) is 9.75. The fourth-order valence-corrected chi connectivity index (χ4v) is 9.19. The first-order valence-electron chi connectivity index (χ1n) is 16.6. The number of aromatic nitrogens is 2. The maximum absolute atomic E-state index is 14.5. The lowest BCUT2D eigenvalue weighted by molar-refractivity contribution is -0.143. The minimum absolute atomic E-state index is 0.0154. The molecular formula is C35H27BrCl2F6N6O6. The van der Waals surface area contributed by atoms with Gasteiger partial charge in [-0.25, -0.2) is 9.97 Å². The molecule has 0 spiro atoms. The SMILES string of the molecule is COc1cc([C@H]2C3=CC[C@@H]4C(=O)N(N(C)c5nc(C(F)(F)F)ccc5Cl)C(=O)[C@@H]4[C@@H]3C[C@H]3C(=O)N(N(C)c4nc(C(F)(F)F)ccc4Cl)C(=O)[C@@H]23)cc(Br)c1O. The number of carbonyl (C=O) groups excluding carboxylic acids is 4. The number of phenolic OH excluding ortho intramolecular Hbond substituents is 1. The number of allylic oxidation sites excluding steroid dienone is 2. The Morgan fingerprint density at radius 2 is 1.29 bits per heavy atom. The highest BCUT2D eigenvalue weighted by atomic mass is 79.9. The Labute approximate surface area is 331 Å². The zero-order chi connectivity index (χ0) is 40.9. The van der Waals surface area contributed by atoms with Crippen LogP contribution in [0, 0.1) is 29.6 Å². The third kappa shape index (κ3) is 6.21. The molecule has 12 nitrogen and oxygen atoms in total. The molecule has 3 fully saturated rings. The second-order valence-electron chi connectivity index (χ2n) is 13.6. The lowest BCUT2D eigenvalue weighted by Gasteiger charge is -2.44. The van der Waals surface area contributed by atoms with Crippen molar-refractivity contribution in [3.8, 4) is 11.5 Å². The average Bonchev–Trinajstić information content (AvgIpc) is 3.54. The number of pyridine rings is 2. The number of hydrogen-bond donors (Lipinski definition) is 1. The smallest absolute Gasteiger partial charge is 0.433 e. The van der Waals surface area contributed by atoms with E-state index >= 15 is 0 Å². The topological polar surface area (TPSA) is 136 Å². The van der Waals surface area contributed by atoms with E-state index in [0.717, 1.165) is 36.2 Å². The van der Waals surface area contributed by atoms with E-state index in [-0.39, 0.29) is 38.9 Å². The molecule has 56 heavy (non-hydrogen) atoms. The van der Waals surface area contributed by atoms with Gasteiger partial charge in [-0.15, -0.1) is 0 Å². The van der Waals surface area contributed by atoms with Crippen molar-refractivity contribution in [3.63, 3.8) is 0 Å². The first kappa shape index (κ1) is 39.6. The number of amides is 4. The molecule has 7 rings (SSSR count). The molecular weight excluding hydrogens is 865 g/mol. The van der Waals surface area contributed by atoms with Gasteiger partial charge in [0.05, 0.1) is 45.3 Å². The number of alkyl halides is 6. The van der Waals surface area contributed by atoms with E-state index < -0.39 is 94.5 Å². The number of carbonyl (C=O) groups is 4. The van der Waals surface area contributed by atoms with E-state index in [1.807, 2.05) is 0 Å². The van der Waals surface area contributed by atoms with Crippen LogP contribution in [-0.2, 0) is 31.5 Å². The molecule has 2 aromatic heterocycles. The summed E-state index contributed by atoms with van der Waals surface area (Å²) >= 11 is 15.8. The van der Waals surface area contributed by atoms with E-state index in [1.54, 1.807) is 6.08 Å². The number of fused-ring (bicyclic) bond motifs is 4. The molecule has 1 saturated carbocycles. The van der Waals surface area contributed by atoms with Gasteiger partial charge in [0.25, 0.3) is 23.6 Å². The molecule has 1 aromatic carbocycles. The number of nitrogens with zero attached hydrogens (tertiary/aromatic N) is 6. The molecule has 2 aliphatic heterocycles. The second kappa shape index (κ2) is 13.8. The number of anilines is 2. The Morgan fingerprint density at radius 1 is 0.786 bits per heavy atom. The van der Waals surface area contributed by atoms with E-state index in [2.05, 4.69) is 25.9 Å². The summed E-state index contributed by atoms with van der Waals surface area (Å²) < 4.78 is 87.3. The van der Waals surface area contributed by atoms with Crippen LogP contribution in [-0.4, -0.2) is 69.9 Å². The monoisotopic (exact) mass is 890 g/mol. The summed E-state index contributed by atoms with van der Waals surface area (Å²) in [7, 11) is 3.60. The summed E-state index contributed by atoms with van der Waals surface area (Å²) in [4.78, 5) is 64.5. The maximum atomic E-state index is 14.5. The van der Waals surface area contributed by atoms with Gasteiger partial charge < -0.3 is 9.84 Å². The van der Waals surface area contributed by atoms with Crippen molar-refractivity contribution < 1.29 is 55.4 Å². The number of halogens is 9. The van der Waals surface area contributed by atoms with Crippen molar-refractivity contribution in [3.05, 3.63) is 79.5 Å². The highest BCUT2D eigenvalue weighted by Crippen LogP contribution is 2.59. The molecule has 0 unspecified atom stereocenters. The average molecular weight is 892 g/mol. The van der Waals surface area contributed by atoms with Gasteiger partial charge in [0.2, 0.25) is 0 Å². The quantitative estimate of drug-likeness (QED) is 0.156. The Bertz CT molecular complexity index is 2240. The number of aromatic hydroxyl groups is 1. The Balaban J connectivity index is 1.32. The molecule has 1 N–H and O–H groups in total. The highest BCUT2D eigenvalue weighted by Gasteiger charge is 2.63. The summed E-state index contributed by atoms with van der Waals surface area (Å²) in [6, 6.07) is 6.09. The van der Waals surface area contributed by atoms with Crippen molar-refractivity contribution in [1.82, 2.24) is 20.0 Å². The number of hydrogen-bond acceptors (Lipinski definition) is 10. The molecule has 4 aliphatic rings. The van der Waals surface area contributed by atoms with Crippen molar-refractivity contribution in [2.45, 2.75) is 31.1 Å². The number of phenols is 1. The molecule has 6 atom stereocenters. The number of imide groups is 2. The van der Waals surface area contributed by atoms with Gasteiger partial charge in [-0.05, 0) is 76.7 Å². The summed E-state index contributed by atoms with van der Waals surface area (Å²) in [5, 5.41) is 13.1. The summed E-state index contributed by atoms with van der Waals surface area (Å²) in [6.45, 7) is 0. The van der Waals surface area contributed by atoms with Crippen LogP contribution in [0.2, 0.25) is 10.0 Å². The molecule has 296 valence electrons.